The molecule has 66 valence electrons. The molecule has 2 nitrogen and oxygen atoms in total. The highest BCUT2D eigenvalue weighted by molar-refractivity contribution is 5.03. The van der Waals surface area contributed by atoms with E-state index in [-0.39, 0.29) is 0 Å². The summed E-state index contributed by atoms with van der Waals surface area (Å²) in [7, 11) is 0. The van der Waals surface area contributed by atoms with Crippen molar-refractivity contribution in [3.05, 3.63) is 12.3 Å². The van der Waals surface area contributed by atoms with Gasteiger partial charge in [0.05, 0.1) is 6.61 Å². The molecular formula is C9H18O2. The van der Waals surface area contributed by atoms with Crippen LogP contribution in [0.3, 0.4) is 0 Å². The quantitative estimate of drug-likeness (QED) is 0.621. The Morgan fingerprint density at radius 1 is 1.36 bits per heavy atom. The Hall–Kier alpha value is -0.500. The van der Waals surface area contributed by atoms with Crippen LogP contribution >= 0.6 is 0 Å². The molecule has 0 bridgehead atoms. The summed E-state index contributed by atoms with van der Waals surface area (Å²) in [6.45, 7) is 9.99. The number of hydrogen-bond donors (Lipinski definition) is 1. The van der Waals surface area contributed by atoms with Gasteiger partial charge in [-0.2, -0.15) is 0 Å². The summed E-state index contributed by atoms with van der Waals surface area (Å²) in [5, 5.41) is 9.80. The van der Waals surface area contributed by atoms with Gasteiger partial charge in [-0.1, -0.05) is 20.4 Å². The van der Waals surface area contributed by atoms with Crippen LogP contribution in [0.4, 0.5) is 0 Å². The molecule has 0 aromatic carbocycles. The lowest BCUT2D eigenvalue weighted by Gasteiger charge is -2.26. The number of rotatable bonds is 5. The van der Waals surface area contributed by atoms with Crippen molar-refractivity contribution >= 4 is 0 Å². The van der Waals surface area contributed by atoms with Crippen LogP contribution in [-0.2, 0) is 4.74 Å². The Kier molecular flexibility index (Phi) is 4.19. The van der Waals surface area contributed by atoms with Crippen molar-refractivity contribution < 1.29 is 9.84 Å². The van der Waals surface area contributed by atoms with Crippen LogP contribution in [0.25, 0.3) is 0 Å². The highest BCUT2D eigenvalue weighted by atomic mass is 16.5. The molecule has 0 aliphatic heterocycles. The molecule has 0 amide bonds. The molecule has 1 N–H and O–H groups in total. The van der Waals surface area contributed by atoms with E-state index in [2.05, 4.69) is 6.58 Å². The fourth-order valence-corrected chi connectivity index (χ4v) is 0.953. The second-order valence-corrected chi connectivity index (χ2v) is 2.59. The Morgan fingerprint density at radius 2 is 1.82 bits per heavy atom. The zero-order valence-electron chi connectivity index (χ0n) is 7.68. The maximum absolute atomic E-state index is 9.80. The molecule has 0 spiro atoms. The lowest BCUT2D eigenvalue weighted by molar-refractivity contribution is 0.00751. The van der Waals surface area contributed by atoms with E-state index in [1.165, 1.54) is 0 Å². The van der Waals surface area contributed by atoms with Gasteiger partial charge in [-0.15, -0.1) is 0 Å². The average molecular weight is 158 g/mol. The first kappa shape index (κ1) is 10.5. The van der Waals surface area contributed by atoms with E-state index in [1.807, 2.05) is 20.8 Å². The molecule has 0 fully saturated rings. The van der Waals surface area contributed by atoms with E-state index in [9.17, 15) is 5.11 Å². The second-order valence-electron chi connectivity index (χ2n) is 2.59. The number of hydrogen-bond acceptors (Lipinski definition) is 2. The smallest absolute Gasteiger partial charge is 0.120 e. The second kappa shape index (κ2) is 4.39. The molecule has 0 radical (unpaired) electrons. The standard InChI is InChI=1S/C9H18O2/c1-5-9(10,6-2)8(4)11-7-3/h10H,4-7H2,1-3H3. The molecule has 0 aliphatic rings. The van der Waals surface area contributed by atoms with Crippen molar-refractivity contribution in [3.63, 3.8) is 0 Å². The van der Waals surface area contributed by atoms with Crippen molar-refractivity contribution in [1.29, 1.82) is 0 Å². The van der Waals surface area contributed by atoms with E-state index in [1.54, 1.807) is 0 Å². The third kappa shape index (κ3) is 2.54. The fourth-order valence-electron chi connectivity index (χ4n) is 0.953. The van der Waals surface area contributed by atoms with Crippen molar-refractivity contribution in [2.24, 2.45) is 0 Å². The van der Waals surface area contributed by atoms with E-state index < -0.39 is 5.60 Å². The first-order valence-electron chi connectivity index (χ1n) is 4.15. The van der Waals surface area contributed by atoms with Crippen molar-refractivity contribution in [1.82, 2.24) is 0 Å². The van der Waals surface area contributed by atoms with E-state index >= 15 is 0 Å². The molecule has 2 heteroatoms. The first-order valence-corrected chi connectivity index (χ1v) is 4.15. The van der Waals surface area contributed by atoms with Crippen LogP contribution in [0.1, 0.15) is 33.6 Å². The molecule has 0 saturated carbocycles. The summed E-state index contributed by atoms with van der Waals surface area (Å²) >= 11 is 0. The van der Waals surface area contributed by atoms with Gasteiger partial charge in [0.25, 0.3) is 0 Å². The van der Waals surface area contributed by atoms with Crippen LogP contribution in [0.2, 0.25) is 0 Å². The maximum atomic E-state index is 9.80. The van der Waals surface area contributed by atoms with Gasteiger partial charge in [-0.3, -0.25) is 0 Å². The first-order chi connectivity index (χ1) is 5.10. The zero-order chi connectivity index (χ0) is 8.91. The zero-order valence-corrected chi connectivity index (χ0v) is 7.68. The van der Waals surface area contributed by atoms with Crippen LogP contribution in [0.5, 0.6) is 0 Å². The monoisotopic (exact) mass is 158 g/mol. The minimum absolute atomic E-state index is 0.491. The van der Waals surface area contributed by atoms with Crippen molar-refractivity contribution in [2.75, 3.05) is 6.61 Å². The third-order valence-electron chi connectivity index (χ3n) is 2.01. The molecule has 0 rings (SSSR count). The molecular weight excluding hydrogens is 140 g/mol. The fraction of sp³-hybridized carbons (Fsp3) is 0.778. The van der Waals surface area contributed by atoms with Gasteiger partial charge in [0.1, 0.15) is 11.4 Å². The number of aliphatic hydroxyl groups is 1. The molecule has 0 saturated heterocycles. The molecule has 11 heavy (non-hydrogen) atoms. The highest BCUT2D eigenvalue weighted by Crippen LogP contribution is 2.23. The Bertz CT molecular complexity index is 126. The minimum Gasteiger partial charge on any atom is -0.496 e. The molecule has 0 aromatic heterocycles. The van der Waals surface area contributed by atoms with Gasteiger partial charge in [0.2, 0.25) is 0 Å². The molecule has 0 aromatic rings. The van der Waals surface area contributed by atoms with Gasteiger partial charge in [-0.25, -0.2) is 0 Å². The van der Waals surface area contributed by atoms with Crippen molar-refractivity contribution in [3.8, 4) is 0 Å². The Balaban J connectivity index is 4.12. The summed E-state index contributed by atoms with van der Waals surface area (Å²) in [6.07, 6.45) is 1.31. The summed E-state index contributed by atoms with van der Waals surface area (Å²) < 4.78 is 5.14. The van der Waals surface area contributed by atoms with Gasteiger partial charge >= 0.3 is 0 Å². The topological polar surface area (TPSA) is 29.5 Å². The van der Waals surface area contributed by atoms with E-state index in [0.29, 0.717) is 25.2 Å². The number of ether oxygens (including phenoxy) is 1. The van der Waals surface area contributed by atoms with E-state index in [0.717, 1.165) is 0 Å². The van der Waals surface area contributed by atoms with Crippen LogP contribution in [0, 0.1) is 0 Å². The van der Waals surface area contributed by atoms with Gasteiger partial charge in [0, 0.05) is 0 Å². The molecule has 0 unspecified atom stereocenters. The summed E-state index contributed by atoms with van der Waals surface area (Å²) in [5.41, 5.74) is -0.823. The third-order valence-corrected chi connectivity index (χ3v) is 2.01. The molecule has 0 aliphatic carbocycles. The normalized spacial score (nSPS) is 11.3. The maximum Gasteiger partial charge on any atom is 0.120 e. The van der Waals surface area contributed by atoms with E-state index in [4.69, 9.17) is 4.74 Å². The van der Waals surface area contributed by atoms with Crippen LogP contribution < -0.4 is 0 Å². The Morgan fingerprint density at radius 3 is 2.09 bits per heavy atom. The molecule has 0 atom stereocenters. The van der Waals surface area contributed by atoms with Crippen LogP contribution in [-0.4, -0.2) is 17.3 Å². The van der Waals surface area contributed by atoms with Crippen molar-refractivity contribution in [2.45, 2.75) is 39.2 Å². The summed E-state index contributed by atoms with van der Waals surface area (Å²) in [5.74, 6) is 0.491. The Labute approximate surface area is 68.9 Å². The predicted octanol–water partition coefficient (Wildman–Crippen LogP) is 2.09. The highest BCUT2D eigenvalue weighted by Gasteiger charge is 2.27. The minimum atomic E-state index is -0.823. The SMILES string of the molecule is C=C(OCC)C(O)(CC)CC. The summed E-state index contributed by atoms with van der Waals surface area (Å²) in [6, 6.07) is 0. The van der Waals surface area contributed by atoms with Gasteiger partial charge < -0.3 is 9.84 Å². The summed E-state index contributed by atoms with van der Waals surface area (Å²) in [4.78, 5) is 0. The van der Waals surface area contributed by atoms with Crippen LogP contribution in [0.15, 0.2) is 12.3 Å². The average Bonchev–Trinajstić information content (AvgIpc) is 2.03. The largest absolute Gasteiger partial charge is 0.496 e. The molecule has 0 heterocycles. The lowest BCUT2D eigenvalue weighted by atomic mass is 9.96. The van der Waals surface area contributed by atoms with Gasteiger partial charge in [-0.05, 0) is 19.8 Å². The van der Waals surface area contributed by atoms with Gasteiger partial charge in [0.15, 0.2) is 0 Å². The lowest BCUT2D eigenvalue weighted by Crippen LogP contribution is -2.30. The predicted molar refractivity (Wildman–Crippen MR) is 46.3 cm³/mol.